The molecular formula is C16H27N3. The van der Waals surface area contributed by atoms with Crippen LogP contribution < -0.4 is 10.6 Å². The zero-order chi connectivity index (χ0) is 14.0. The Kier molecular flexibility index (Phi) is 4.48. The molecular weight excluding hydrogens is 234 g/mol. The molecule has 0 aliphatic carbocycles. The fourth-order valence-corrected chi connectivity index (χ4v) is 3.05. The van der Waals surface area contributed by atoms with E-state index in [4.69, 9.17) is 5.73 Å². The second-order valence-corrected chi connectivity index (χ2v) is 5.73. The molecule has 0 atom stereocenters. The van der Waals surface area contributed by atoms with Crippen molar-refractivity contribution in [3.05, 3.63) is 28.3 Å². The van der Waals surface area contributed by atoms with E-state index in [1.165, 1.54) is 27.9 Å². The van der Waals surface area contributed by atoms with Crippen molar-refractivity contribution in [3.8, 4) is 0 Å². The largest absolute Gasteiger partial charge is 0.369 e. The first-order valence-electron chi connectivity index (χ1n) is 7.29. The lowest BCUT2D eigenvalue weighted by molar-refractivity contribution is 0.264. The predicted molar refractivity (Wildman–Crippen MR) is 83.1 cm³/mol. The first kappa shape index (κ1) is 14.4. The third kappa shape index (κ3) is 2.93. The van der Waals surface area contributed by atoms with Gasteiger partial charge in [0.05, 0.1) is 0 Å². The summed E-state index contributed by atoms with van der Waals surface area (Å²) in [4.78, 5) is 5.02. The van der Waals surface area contributed by atoms with Gasteiger partial charge in [0.25, 0.3) is 0 Å². The Morgan fingerprint density at radius 2 is 1.47 bits per heavy atom. The van der Waals surface area contributed by atoms with Crippen molar-refractivity contribution < 1.29 is 0 Å². The van der Waals surface area contributed by atoms with Crippen LogP contribution in [0, 0.1) is 27.7 Å². The Balaban J connectivity index is 2.20. The number of aryl methyl sites for hydroxylation is 2. The lowest BCUT2D eigenvalue weighted by atomic mass is 9.97. The number of anilines is 1. The van der Waals surface area contributed by atoms with Gasteiger partial charge in [-0.05, 0) is 49.9 Å². The maximum atomic E-state index is 5.64. The lowest BCUT2D eigenvalue weighted by Crippen LogP contribution is -2.48. The summed E-state index contributed by atoms with van der Waals surface area (Å²) in [6.45, 7) is 15.2. The zero-order valence-electron chi connectivity index (χ0n) is 12.8. The number of rotatable bonds is 3. The van der Waals surface area contributed by atoms with E-state index in [1.54, 1.807) is 0 Å². The molecule has 1 aromatic carbocycles. The monoisotopic (exact) mass is 261 g/mol. The standard InChI is InChI=1S/C16H27N3/c1-12-11-13(2)15(4)16(14(12)3)19-9-7-18(6-5-17)8-10-19/h11H,5-10,17H2,1-4H3. The molecule has 0 bridgehead atoms. The number of nitrogens with two attached hydrogens (primary N) is 1. The minimum absolute atomic E-state index is 0.765. The van der Waals surface area contributed by atoms with Crippen LogP contribution in [0.2, 0.25) is 0 Å². The molecule has 19 heavy (non-hydrogen) atoms. The normalized spacial score (nSPS) is 17.0. The Morgan fingerprint density at radius 3 is 1.95 bits per heavy atom. The molecule has 0 unspecified atom stereocenters. The van der Waals surface area contributed by atoms with Gasteiger partial charge in [-0.1, -0.05) is 6.07 Å². The molecule has 3 heteroatoms. The first-order valence-corrected chi connectivity index (χ1v) is 7.29. The van der Waals surface area contributed by atoms with Crippen LogP contribution in [0.4, 0.5) is 5.69 Å². The first-order chi connectivity index (χ1) is 9.04. The van der Waals surface area contributed by atoms with Crippen LogP contribution in [0.5, 0.6) is 0 Å². The van der Waals surface area contributed by atoms with E-state index in [0.717, 1.165) is 39.3 Å². The maximum absolute atomic E-state index is 5.64. The Morgan fingerprint density at radius 1 is 0.947 bits per heavy atom. The fraction of sp³-hybridized carbons (Fsp3) is 0.625. The van der Waals surface area contributed by atoms with Gasteiger partial charge in [-0.3, -0.25) is 4.90 Å². The van der Waals surface area contributed by atoms with Crippen LogP contribution in [-0.2, 0) is 0 Å². The highest BCUT2D eigenvalue weighted by Crippen LogP contribution is 2.30. The second kappa shape index (κ2) is 5.93. The Hall–Kier alpha value is -1.06. The van der Waals surface area contributed by atoms with E-state index < -0.39 is 0 Å². The van der Waals surface area contributed by atoms with Crippen molar-refractivity contribution in [2.75, 3.05) is 44.2 Å². The topological polar surface area (TPSA) is 32.5 Å². The van der Waals surface area contributed by atoms with Crippen LogP contribution >= 0.6 is 0 Å². The summed E-state index contributed by atoms with van der Waals surface area (Å²) in [5, 5.41) is 0. The quantitative estimate of drug-likeness (QED) is 0.903. The summed E-state index contributed by atoms with van der Waals surface area (Å²) >= 11 is 0. The van der Waals surface area contributed by atoms with Crippen molar-refractivity contribution in [1.82, 2.24) is 4.90 Å². The maximum Gasteiger partial charge on any atom is 0.0431 e. The van der Waals surface area contributed by atoms with Crippen molar-refractivity contribution in [2.45, 2.75) is 27.7 Å². The van der Waals surface area contributed by atoms with Gasteiger partial charge >= 0.3 is 0 Å². The van der Waals surface area contributed by atoms with Gasteiger partial charge in [-0.25, -0.2) is 0 Å². The Labute approximate surface area is 117 Å². The molecule has 2 N–H and O–H groups in total. The average Bonchev–Trinajstić information content (AvgIpc) is 2.39. The molecule has 1 aliphatic rings. The molecule has 1 aromatic rings. The van der Waals surface area contributed by atoms with Crippen LogP contribution in [0.25, 0.3) is 0 Å². The molecule has 106 valence electrons. The number of hydrogen-bond acceptors (Lipinski definition) is 3. The average molecular weight is 261 g/mol. The van der Waals surface area contributed by atoms with Crippen molar-refractivity contribution >= 4 is 5.69 Å². The van der Waals surface area contributed by atoms with Crippen LogP contribution in [0.15, 0.2) is 6.07 Å². The van der Waals surface area contributed by atoms with Gasteiger partial charge in [0.2, 0.25) is 0 Å². The number of piperazine rings is 1. The highest BCUT2D eigenvalue weighted by molar-refractivity contribution is 5.64. The molecule has 0 spiro atoms. The summed E-state index contributed by atoms with van der Waals surface area (Å²) in [6, 6.07) is 2.30. The molecule has 0 amide bonds. The third-order valence-electron chi connectivity index (χ3n) is 4.46. The second-order valence-electron chi connectivity index (χ2n) is 5.73. The smallest absolute Gasteiger partial charge is 0.0431 e. The molecule has 0 aromatic heterocycles. The number of hydrogen-bond donors (Lipinski definition) is 1. The highest BCUT2D eigenvalue weighted by atomic mass is 15.3. The molecule has 1 heterocycles. The van der Waals surface area contributed by atoms with Crippen LogP contribution in [0.1, 0.15) is 22.3 Å². The predicted octanol–water partition coefficient (Wildman–Crippen LogP) is 2.00. The van der Waals surface area contributed by atoms with Gasteiger partial charge in [0.15, 0.2) is 0 Å². The summed E-state index contributed by atoms with van der Waals surface area (Å²) in [5.74, 6) is 0. The molecule has 2 rings (SSSR count). The third-order valence-corrected chi connectivity index (χ3v) is 4.46. The van der Waals surface area contributed by atoms with Gasteiger partial charge in [0, 0.05) is 45.0 Å². The summed E-state index contributed by atoms with van der Waals surface area (Å²) in [7, 11) is 0. The van der Waals surface area contributed by atoms with Crippen molar-refractivity contribution in [3.63, 3.8) is 0 Å². The number of nitrogens with zero attached hydrogens (tertiary/aromatic N) is 2. The molecule has 1 aliphatic heterocycles. The fourth-order valence-electron chi connectivity index (χ4n) is 3.05. The molecule has 0 saturated carbocycles. The van der Waals surface area contributed by atoms with E-state index in [1.807, 2.05) is 0 Å². The van der Waals surface area contributed by atoms with Gasteiger partial charge in [-0.15, -0.1) is 0 Å². The van der Waals surface area contributed by atoms with Crippen molar-refractivity contribution in [2.24, 2.45) is 5.73 Å². The van der Waals surface area contributed by atoms with E-state index in [9.17, 15) is 0 Å². The molecule has 3 nitrogen and oxygen atoms in total. The van der Waals surface area contributed by atoms with E-state index in [2.05, 4.69) is 43.6 Å². The lowest BCUT2D eigenvalue weighted by Gasteiger charge is -2.38. The van der Waals surface area contributed by atoms with Crippen molar-refractivity contribution in [1.29, 1.82) is 0 Å². The molecule has 1 saturated heterocycles. The van der Waals surface area contributed by atoms with Gasteiger partial charge in [0.1, 0.15) is 0 Å². The highest BCUT2D eigenvalue weighted by Gasteiger charge is 2.20. The minimum Gasteiger partial charge on any atom is -0.369 e. The summed E-state index contributed by atoms with van der Waals surface area (Å²) in [6.07, 6.45) is 0. The van der Waals surface area contributed by atoms with Crippen LogP contribution in [0.3, 0.4) is 0 Å². The van der Waals surface area contributed by atoms with E-state index >= 15 is 0 Å². The van der Waals surface area contributed by atoms with Crippen LogP contribution in [-0.4, -0.2) is 44.2 Å². The van der Waals surface area contributed by atoms with Gasteiger partial charge in [-0.2, -0.15) is 0 Å². The SMILES string of the molecule is Cc1cc(C)c(C)c(N2CCN(CCN)CC2)c1C. The molecule has 1 fully saturated rings. The van der Waals surface area contributed by atoms with E-state index in [0.29, 0.717) is 0 Å². The zero-order valence-corrected chi connectivity index (χ0v) is 12.8. The van der Waals surface area contributed by atoms with E-state index in [-0.39, 0.29) is 0 Å². The molecule has 0 radical (unpaired) electrons. The number of benzene rings is 1. The summed E-state index contributed by atoms with van der Waals surface area (Å²) in [5.41, 5.74) is 12.8. The van der Waals surface area contributed by atoms with Gasteiger partial charge < -0.3 is 10.6 Å². The minimum atomic E-state index is 0.765. The summed E-state index contributed by atoms with van der Waals surface area (Å²) < 4.78 is 0. The Bertz CT molecular complexity index is 420.